The van der Waals surface area contributed by atoms with Crippen molar-refractivity contribution in [2.45, 2.75) is 95.7 Å². The molecule has 3 aliphatic rings. The van der Waals surface area contributed by atoms with Crippen LogP contribution in [0.2, 0.25) is 0 Å². The summed E-state index contributed by atoms with van der Waals surface area (Å²) >= 11 is 0. The monoisotopic (exact) mass is 335 g/mol. The molecule has 0 aromatic carbocycles. The van der Waals surface area contributed by atoms with Crippen LogP contribution in [0.3, 0.4) is 0 Å². The molecule has 2 aliphatic carbocycles. The predicted octanol–water partition coefficient (Wildman–Crippen LogP) is 3.07. The molecule has 0 unspecified atom stereocenters. The van der Waals surface area contributed by atoms with Gasteiger partial charge in [0, 0.05) is 31.7 Å². The van der Waals surface area contributed by atoms with E-state index in [0.29, 0.717) is 18.0 Å². The van der Waals surface area contributed by atoms with Crippen molar-refractivity contribution in [1.29, 1.82) is 0 Å². The van der Waals surface area contributed by atoms with Crippen LogP contribution in [0.15, 0.2) is 0 Å². The average Bonchev–Trinajstić information content (AvgIpc) is 2.63. The summed E-state index contributed by atoms with van der Waals surface area (Å²) in [5, 5.41) is 7.22. The van der Waals surface area contributed by atoms with Gasteiger partial charge in [-0.2, -0.15) is 0 Å². The number of nitrogens with one attached hydrogen (secondary N) is 2. The number of carbonyl (C=O) groups is 1. The maximum atomic E-state index is 13.3. The Morgan fingerprint density at radius 2 is 1.75 bits per heavy atom. The average molecular weight is 336 g/mol. The van der Waals surface area contributed by atoms with Crippen LogP contribution in [0.5, 0.6) is 0 Å². The molecular formula is C20H37N3O. The van der Waals surface area contributed by atoms with Gasteiger partial charge in [-0.05, 0) is 32.1 Å². The molecule has 0 radical (unpaired) electrons. The summed E-state index contributed by atoms with van der Waals surface area (Å²) in [4.78, 5) is 15.4. The molecule has 1 amide bonds. The molecule has 4 heteroatoms. The molecular weight excluding hydrogens is 298 g/mol. The summed E-state index contributed by atoms with van der Waals surface area (Å²) in [7, 11) is 0. The van der Waals surface area contributed by atoms with Crippen molar-refractivity contribution in [1.82, 2.24) is 15.5 Å². The first-order chi connectivity index (χ1) is 11.7. The fourth-order valence-corrected chi connectivity index (χ4v) is 4.92. The van der Waals surface area contributed by atoms with E-state index in [-0.39, 0.29) is 6.04 Å². The van der Waals surface area contributed by atoms with E-state index in [9.17, 15) is 4.79 Å². The van der Waals surface area contributed by atoms with E-state index in [4.69, 9.17) is 0 Å². The summed E-state index contributed by atoms with van der Waals surface area (Å²) in [6, 6.07) is 0.944. The molecule has 0 spiro atoms. The minimum absolute atomic E-state index is 0.0525. The standard InChI is InChI=1S/C20H37N3O/c1-16-15-21-12-13-23(16)20(24)19(14-17-8-4-2-5-9-17)22-18-10-6-3-7-11-18/h16-19,21-22H,2-15H2,1H3/t16-,19-/m1/s1. The van der Waals surface area contributed by atoms with E-state index in [1.54, 1.807) is 0 Å². The summed E-state index contributed by atoms with van der Waals surface area (Å²) in [5.41, 5.74) is 0. The zero-order valence-corrected chi connectivity index (χ0v) is 15.6. The normalized spacial score (nSPS) is 28.7. The zero-order chi connectivity index (χ0) is 16.8. The first-order valence-corrected chi connectivity index (χ1v) is 10.5. The van der Waals surface area contributed by atoms with Gasteiger partial charge in [-0.15, -0.1) is 0 Å². The van der Waals surface area contributed by atoms with E-state index in [1.165, 1.54) is 64.2 Å². The van der Waals surface area contributed by atoms with Gasteiger partial charge in [0.15, 0.2) is 0 Å². The van der Waals surface area contributed by atoms with Gasteiger partial charge in [-0.1, -0.05) is 51.4 Å². The Balaban J connectivity index is 1.63. The van der Waals surface area contributed by atoms with Crippen LogP contribution in [-0.4, -0.2) is 48.6 Å². The van der Waals surface area contributed by atoms with Crippen LogP contribution in [0.1, 0.15) is 77.6 Å². The second-order valence-electron chi connectivity index (χ2n) is 8.38. The van der Waals surface area contributed by atoms with Crippen molar-refractivity contribution in [3.8, 4) is 0 Å². The van der Waals surface area contributed by atoms with Gasteiger partial charge in [-0.3, -0.25) is 4.79 Å². The quantitative estimate of drug-likeness (QED) is 0.811. The summed E-state index contributed by atoms with van der Waals surface area (Å²) in [6.45, 7) is 4.93. The lowest BCUT2D eigenvalue weighted by atomic mass is 9.84. The molecule has 24 heavy (non-hydrogen) atoms. The summed E-state index contributed by atoms with van der Waals surface area (Å²) in [5.74, 6) is 1.13. The third-order valence-electron chi connectivity index (χ3n) is 6.42. The highest BCUT2D eigenvalue weighted by atomic mass is 16.2. The van der Waals surface area contributed by atoms with Gasteiger partial charge in [0.2, 0.25) is 5.91 Å². The number of carbonyl (C=O) groups excluding carboxylic acids is 1. The number of hydrogen-bond acceptors (Lipinski definition) is 3. The lowest BCUT2D eigenvalue weighted by molar-refractivity contribution is -0.137. The Bertz CT molecular complexity index is 368. The highest BCUT2D eigenvalue weighted by molar-refractivity contribution is 5.82. The maximum absolute atomic E-state index is 13.3. The molecule has 1 saturated heterocycles. The third-order valence-corrected chi connectivity index (χ3v) is 6.42. The van der Waals surface area contributed by atoms with Crippen molar-refractivity contribution >= 4 is 5.91 Å². The second kappa shape index (κ2) is 9.19. The van der Waals surface area contributed by atoms with Crippen LogP contribution in [-0.2, 0) is 4.79 Å². The largest absolute Gasteiger partial charge is 0.336 e. The molecule has 1 heterocycles. The molecule has 138 valence electrons. The summed E-state index contributed by atoms with van der Waals surface area (Å²) < 4.78 is 0. The second-order valence-corrected chi connectivity index (χ2v) is 8.38. The molecule has 0 aromatic heterocycles. The van der Waals surface area contributed by atoms with Crippen molar-refractivity contribution in [2.75, 3.05) is 19.6 Å². The van der Waals surface area contributed by atoms with Gasteiger partial charge >= 0.3 is 0 Å². The number of piperazine rings is 1. The van der Waals surface area contributed by atoms with Crippen LogP contribution in [0.25, 0.3) is 0 Å². The van der Waals surface area contributed by atoms with Gasteiger partial charge in [0.1, 0.15) is 0 Å². The Kier molecular flexibility index (Phi) is 6.96. The van der Waals surface area contributed by atoms with Gasteiger partial charge in [0.05, 0.1) is 6.04 Å². The van der Waals surface area contributed by atoms with Crippen LogP contribution < -0.4 is 10.6 Å². The molecule has 1 aliphatic heterocycles. The fraction of sp³-hybridized carbons (Fsp3) is 0.950. The molecule has 0 aromatic rings. The molecule has 3 fully saturated rings. The summed E-state index contributed by atoms with van der Waals surface area (Å²) in [6.07, 6.45) is 14.4. The van der Waals surface area contributed by atoms with Gasteiger partial charge in [0.25, 0.3) is 0 Å². The number of amides is 1. The van der Waals surface area contributed by atoms with Crippen LogP contribution >= 0.6 is 0 Å². The van der Waals surface area contributed by atoms with Crippen molar-refractivity contribution in [3.63, 3.8) is 0 Å². The molecule has 4 nitrogen and oxygen atoms in total. The lowest BCUT2D eigenvalue weighted by Crippen LogP contribution is -2.58. The first kappa shape index (κ1) is 18.2. The fourth-order valence-electron chi connectivity index (χ4n) is 4.92. The first-order valence-electron chi connectivity index (χ1n) is 10.5. The SMILES string of the molecule is C[C@@H]1CNCCN1C(=O)[C@@H](CC1CCCCC1)NC1CCCCC1. The maximum Gasteiger partial charge on any atom is 0.240 e. The van der Waals surface area contributed by atoms with Gasteiger partial charge < -0.3 is 15.5 Å². The highest BCUT2D eigenvalue weighted by Crippen LogP contribution is 2.29. The minimum Gasteiger partial charge on any atom is -0.336 e. The van der Waals surface area contributed by atoms with E-state index in [0.717, 1.165) is 32.0 Å². The third kappa shape index (κ3) is 4.95. The molecule has 2 saturated carbocycles. The van der Waals surface area contributed by atoms with Crippen LogP contribution in [0.4, 0.5) is 0 Å². The molecule has 2 N–H and O–H groups in total. The Hall–Kier alpha value is -0.610. The number of nitrogens with zero attached hydrogens (tertiary/aromatic N) is 1. The predicted molar refractivity (Wildman–Crippen MR) is 99.0 cm³/mol. The number of rotatable bonds is 5. The smallest absolute Gasteiger partial charge is 0.240 e. The van der Waals surface area contributed by atoms with Crippen LogP contribution in [0, 0.1) is 5.92 Å². The van der Waals surface area contributed by atoms with Crippen molar-refractivity contribution in [3.05, 3.63) is 0 Å². The molecule has 0 bridgehead atoms. The van der Waals surface area contributed by atoms with Crippen molar-refractivity contribution in [2.24, 2.45) is 5.92 Å². The van der Waals surface area contributed by atoms with E-state index in [1.807, 2.05) is 0 Å². The Labute approximate surface area is 148 Å². The zero-order valence-electron chi connectivity index (χ0n) is 15.6. The number of hydrogen-bond donors (Lipinski definition) is 2. The minimum atomic E-state index is 0.0525. The van der Waals surface area contributed by atoms with E-state index >= 15 is 0 Å². The molecule has 2 atom stereocenters. The topological polar surface area (TPSA) is 44.4 Å². The van der Waals surface area contributed by atoms with E-state index in [2.05, 4.69) is 22.5 Å². The molecule has 3 rings (SSSR count). The Morgan fingerprint density at radius 3 is 2.42 bits per heavy atom. The highest BCUT2D eigenvalue weighted by Gasteiger charge is 2.32. The van der Waals surface area contributed by atoms with E-state index < -0.39 is 0 Å². The van der Waals surface area contributed by atoms with Crippen molar-refractivity contribution < 1.29 is 4.79 Å². The lowest BCUT2D eigenvalue weighted by Gasteiger charge is -2.39. The van der Waals surface area contributed by atoms with Gasteiger partial charge in [-0.25, -0.2) is 0 Å². The Morgan fingerprint density at radius 1 is 1.08 bits per heavy atom.